The van der Waals surface area contributed by atoms with Crippen LogP contribution in [-0.4, -0.2) is 17.1 Å². The summed E-state index contributed by atoms with van der Waals surface area (Å²) in [6.45, 7) is 3.01. The Hall–Kier alpha value is -2.86. The highest BCUT2D eigenvalue weighted by Crippen LogP contribution is 2.32. The number of benzene rings is 1. The number of aryl methyl sites for hydroxylation is 1. The topological polar surface area (TPSA) is 60.3 Å². The van der Waals surface area contributed by atoms with Crippen molar-refractivity contribution in [1.29, 1.82) is 0 Å². The van der Waals surface area contributed by atoms with E-state index in [4.69, 9.17) is 4.74 Å². The lowest BCUT2D eigenvalue weighted by Crippen LogP contribution is -2.22. The quantitative estimate of drug-likeness (QED) is 0.604. The average Bonchev–Trinajstić information content (AvgIpc) is 3.47. The van der Waals surface area contributed by atoms with Crippen LogP contribution < -0.4 is 15.6 Å². The van der Waals surface area contributed by atoms with Crippen molar-refractivity contribution in [3.63, 3.8) is 0 Å². The number of ether oxygens (including phenoxy) is 1. The molecule has 1 aliphatic carbocycles. The van der Waals surface area contributed by atoms with E-state index in [1.54, 1.807) is 16.8 Å². The van der Waals surface area contributed by atoms with E-state index < -0.39 is 0 Å². The Morgan fingerprint density at radius 1 is 1.21 bits per heavy atom. The fraction of sp³-hybridized carbons (Fsp3) is 0.304. The first-order chi connectivity index (χ1) is 14.1. The third kappa shape index (κ3) is 4.95. The summed E-state index contributed by atoms with van der Waals surface area (Å²) in [4.78, 5) is 25.8. The second-order valence-electron chi connectivity index (χ2n) is 7.42. The highest BCUT2D eigenvalue weighted by Gasteiger charge is 2.20. The van der Waals surface area contributed by atoms with Crippen LogP contribution in [0.2, 0.25) is 0 Å². The smallest absolute Gasteiger partial charge is 0.261 e. The number of amides is 1. The third-order valence-electron chi connectivity index (χ3n) is 5.03. The summed E-state index contributed by atoms with van der Waals surface area (Å²) < 4.78 is 7.25. The lowest BCUT2D eigenvalue weighted by Gasteiger charge is -2.07. The predicted octanol–water partition coefficient (Wildman–Crippen LogP) is 4.32. The van der Waals surface area contributed by atoms with E-state index in [1.807, 2.05) is 43.3 Å². The molecular formula is C23H24N2O3S. The summed E-state index contributed by atoms with van der Waals surface area (Å²) in [5.41, 5.74) is 1.74. The molecular weight excluding hydrogens is 384 g/mol. The van der Waals surface area contributed by atoms with Crippen molar-refractivity contribution < 1.29 is 9.53 Å². The van der Waals surface area contributed by atoms with Gasteiger partial charge >= 0.3 is 0 Å². The van der Waals surface area contributed by atoms with Gasteiger partial charge < -0.3 is 10.1 Å². The minimum absolute atomic E-state index is 0.129. The summed E-state index contributed by atoms with van der Waals surface area (Å²) >= 11 is 1.32. The van der Waals surface area contributed by atoms with Crippen LogP contribution in [0.1, 0.15) is 40.1 Å². The summed E-state index contributed by atoms with van der Waals surface area (Å²) in [7, 11) is 0. The van der Waals surface area contributed by atoms with E-state index in [1.165, 1.54) is 30.2 Å². The van der Waals surface area contributed by atoms with Crippen molar-refractivity contribution in [2.45, 2.75) is 32.7 Å². The Morgan fingerprint density at radius 3 is 2.72 bits per heavy atom. The summed E-state index contributed by atoms with van der Waals surface area (Å²) in [5, 5.41) is 3.67. The SMILES string of the molecule is Cc1cc(-n2ccc(OCCC3CC3)cc2=O)sc1C(=O)NCc1ccccc1. The van der Waals surface area contributed by atoms with Gasteiger partial charge in [-0.15, -0.1) is 11.3 Å². The van der Waals surface area contributed by atoms with E-state index in [-0.39, 0.29) is 11.5 Å². The van der Waals surface area contributed by atoms with Gasteiger partial charge in [-0.05, 0) is 42.5 Å². The van der Waals surface area contributed by atoms with Crippen LogP contribution in [-0.2, 0) is 6.54 Å². The van der Waals surface area contributed by atoms with Crippen LogP contribution in [0.5, 0.6) is 5.75 Å². The van der Waals surface area contributed by atoms with Crippen molar-refractivity contribution in [1.82, 2.24) is 9.88 Å². The molecule has 2 aromatic heterocycles. The molecule has 1 saturated carbocycles. The summed E-state index contributed by atoms with van der Waals surface area (Å²) in [6, 6.07) is 15.0. The number of nitrogens with one attached hydrogen (secondary N) is 1. The highest BCUT2D eigenvalue weighted by molar-refractivity contribution is 7.16. The molecule has 1 fully saturated rings. The van der Waals surface area contributed by atoms with Crippen LogP contribution >= 0.6 is 11.3 Å². The Kier molecular flexibility index (Phi) is 5.81. The second-order valence-corrected chi connectivity index (χ2v) is 8.45. The molecule has 0 bridgehead atoms. The zero-order valence-corrected chi connectivity index (χ0v) is 17.2. The Bertz CT molecular complexity index is 1050. The predicted molar refractivity (Wildman–Crippen MR) is 115 cm³/mol. The van der Waals surface area contributed by atoms with Gasteiger partial charge in [-0.1, -0.05) is 43.2 Å². The molecule has 3 aromatic rings. The fourth-order valence-corrected chi connectivity index (χ4v) is 4.23. The van der Waals surface area contributed by atoms with Gasteiger partial charge in [0.2, 0.25) is 0 Å². The molecule has 0 aliphatic heterocycles. The molecule has 1 aliphatic rings. The van der Waals surface area contributed by atoms with Gasteiger partial charge in [0, 0.05) is 18.8 Å². The number of thiophene rings is 1. The minimum atomic E-state index is -0.161. The Labute approximate surface area is 174 Å². The lowest BCUT2D eigenvalue weighted by molar-refractivity contribution is 0.0954. The highest BCUT2D eigenvalue weighted by atomic mass is 32.1. The molecule has 1 aromatic carbocycles. The average molecular weight is 409 g/mol. The maximum Gasteiger partial charge on any atom is 0.261 e. The Balaban J connectivity index is 1.43. The summed E-state index contributed by atoms with van der Waals surface area (Å²) in [5.74, 6) is 1.27. The molecule has 29 heavy (non-hydrogen) atoms. The van der Waals surface area contributed by atoms with Gasteiger partial charge in [-0.25, -0.2) is 0 Å². The lowest BCUT2D eigenvalue weighted by atomic mass is 10.2. The fourth-order valence-electron chi connectivity index (χ4n) is 3.15. The number of carbonyl (C=O) groups excluding carboxylic acids is 1. The van der Waals surface area contributed by atoms with Gasteiger partial charge in [0.1, 0.15) is 10.8 Å². The van der Waals surface area contributed by atoms with E-state index in [0.29, 0.717) is 23.8 Å². The molecule has 150 valence electrons. The molecule has 1 N–H and O–H groups in total. The molecule has 4 rings (SSSR count). The standard InChI is InChI=1S/C23H24N2O3S/c1-16-13-21(29-22(16)23(27)24-15-18-5-3-2-4-6-18)25-11-9-19(14-20(25)26)28-12-10-17-7-8-17/h2-6,9,11,13-14,17H,7-8,10,12,15H2,1H3,(H,24,27). The van der Waals surface area contributed by atoms with Crippen molar-refractivity contribution in [3.05, 3.63) is 81.1 Å². The molecule has 0 atom stereocenters. The molecule has 0 saturated heterocycles. The van der Waals surface area contributed by atoms with E-state index in [0.717, 1.165) is 28.5 Å². The zero-order valence-electron chi connectivity index (χ0n) is 16.4. The molecule has 1 amide bonds. The molecule has 5 nitrogen and oxygen atoms in total. The monoisotopic (exact) mass is 408 g/mol. The summed E-state index contributed by atoms with van der Waals surface area (Å²) in [6.07, 6.45) is 5.36. The molecule has 2 heterocycles. The molecule has 0 radical (unpaired) electrons. The number of aromatic nitrogens is 1. The Morgan fingerprint density at radius 2 is 2.00 bits per heavy atom. The minimum Gasteiger partial charge on any atom is -0.493 e. The first-order valence-corrected chi connectivity index (χ1v) is 10.7. The normalized spacial score (nSPS) is 13.3. The third-order valence-corrected chi connectivity index (χ3v) is 6.26. The van der Waals surface area contributed by atoms with Crippen LogP contribution in [0, 0.1) is 12.8 Å². The maximum atomic E-state index is 12.6. The van der Waals surface area contributed by atoms with E-state index in [2.05, 4.69) is 5.32 Å². The van der Waals surface area contributed by atoms with Crippen LogP contribution in [0.3, 0.4) is 0 Å². The zero-order chi connectivity index (χ0) is 20.2. The number of hydrogen-bond donors (Lipinski definition) is 1. The molecule has 6 heteroatoms. The molecule has 0 unspecified atom stereocenters. The number of nitrogens with zero attached hydrogens (tertiary/aromatic N) is 1. The second kappa shape index (κ2) is 8.66. The number of rotatable bonds is 8. The van der Waals surface area contributed by atoms with Crippen LogP contribution in [0.4, 0.5) is 0 Å². The number of hydrogen-bond acceptors (Lipinski definition) is 4. The number of pyridine rings is 1. The van der Waals surface area contributed by atoms with Crippen molar-refractivity contribution in [2.24, 2.45) is 5.92 Å². The number of carbonyl (C=O) groups is 1. The van der Waals surface area contributed by atoms with Gasteiger partial charge in [-0.2, -0.15) is 0 Å². The van der Waals surface area contributed by atoms with Gasteiger partial charge in [0.15, 0.2) is 0 Å². The van der Waals surface area contributed by atoms with Gasteiger partial charge in [0.25, 0.3) is 11.5 Å². The van der Waals surface area contributed by atoms with Crippen LogP contribution in [0.15, 0.2) is 59.5 Å². The van der Waals surface area contributed by atoms with E-state index >= 15 is 0 Å². The first kappa shape index (κ1) is 19.5. The molecule has 0 spiro atoms. The van der Waals surface area contributed by atoms with Gasteiger partial charge in [0.05, 0.1) is 11.5 Å². The maximum absolute atomic E-state index is 12.6. The first-order valence-electron chi connectivity index (χ1n) is 9.88. The van der Waals surface area contributed by atoms with Crippen molar-refractivity contribution >= 4 is 17.2 Å². The van der Waals surface area contributed by atoms with Crippen molar-refractivity contribution in [3.8, 4) is 10.8 Å². The van der Waals surface area contributed by atoms with E-state index in [9.17, 15) is 9.59 Å². The van der Waals surface area contributed by atoms with Gasteiger partial charge in [-0.3, -0.25) is 14.2 Å². The van der Waals surface area contributed by atoms with Crippen molar-refractivity contribution in [2.75, 3.05) is 6.61 Å². The van der Waals surface area contributed by atoms with Crippen LogP contribution in [0.25, 0.3) is 5.00 Å². The largest absolute Gasteiger partial charge is 0.493 e.